The summed E-state index contributed by atoms with van der Waals surface area (Å²) in [6, 6.07) is 3.42. The lowest BCUT2D eigenvalue weighted by Crippen LogP contribution is -2.47. The molecule has 0 radical (unpaired) electrons. The number of nitrogens with one attached hydrogen (secondary N) is 1. The molecule has 0 saturated heterocycles. The third kappa shape index (κ3) is 6.73. The predicted octanol–water partition coefficient (Wildman–Crippen LogP) is 1.92. The van der Waals surface area contributed by atoms with Crippen molar-refractivity contribution < 1.29 is 9.21 Å². The van der Waals surface area contributed by atoms with E-state index in [0.29, 0.717) is 30.4 Å². The van der Waals surface area contributed by atoms with Gasteiger partial charge in [-0.15, -0.1) is 0 Å². The molecular weight excluding hydrogens is 286 g/mol. The molecule has 0 aromatic carbocycles. The van der Waals surface area contributed by atoms with Crippen molar-refractivity contribution in [2.45, 2.75) is 39.8 Å². The van der Waals surface area contributed by atoms with Gasteiger partial charge in [0.05, 0.1) is 23.8 Å². The Morgan fingerprint density at radius 2 is 2.19 bits per heavy atom. The van der Waals surface area contributed by atoms with Crippen LogP contribution in [0.3, 0.4) is 0 Å². The van der Waals surface area contributed by atoms with E-state index in [-0.39, 0.29) is 11.9 Å². The molecule has 1 aromatic rings. The maximum Gasteiger partial charge on any atom is 0.237 e. The largest absolute Gasteiger partial charge is 0.467 e. The Hall–Kier alpha value is -1.40. The first-order valence-electron chi connectivity index (χ1n) is 7.22. The highest BCUT2D eigenvalue weighted by Gasteiger charge is 2.21. The molecular formula is C15H25N3O2S. The Balaban J connectivity index is 2.53. The summed E-state index contributed by atoms with van der Waals surface area (Å²) in [6.07, 6.45) is 2.22. The van der Waals surface area contributed by atoms with Gasteiger partial charge in [0.1, 0.15) is 5.76 Å². The van der Waals surface area contributed by atoms with E-state index in [1.807, 2.05) is 13.0 Å². The van der Waals surface area contributed by atoms with E-state index in [9.17, 15) is 4.79 Å². The Morgan fingerprint density at radius 3 is 2.71 bits per heavy atom. The average molecular weight is 311 g/mol. The molecule has 1 atom stereocenters. The lowest BCUT2D eigenvalue weighted by molar-refractivity contribution is -0.126. The molecule has 5 nitrogen and oxygen atoms in total. The number of hydrogen-bond acceptors (Lipinski definition) is 4. The minimum absolute atomic E-state index is 0.0185. The van der Waals surface area contributed by atoms with Crippen molar-refractivity contribution in [2.24, 2.45) is 11.7 Å². The standard InChI is InChI=1S/C15H25N3O2S/c1-11(2)10-18(7-6-14(16)21)12(3)15(19)17-9-13-5-4-8-20-13/h4-5,8,11-12H,6-7,9-10H2,1-3H3,(H2,16,21)(H,17,19). The summed E-state index contributed by atoms with van der Waals surface area (Å²) in [4.78, 5) is 14.8. The first-order valence-corrected chi connectivity index (χ1v) is 7.63. The first kappa shape index (κ1) is 17.7. The summed E-state index contributed by atoms with van der Waals surface area (Å²) >= 11 is 4.92. The van der Waals surface area contributed by atoms with Gasteiger partial charge in [-0.25, -0.2) is 0 Å². The third-order valence-electron chi connectivity index (χ3n) is 3.19. The zero-order chi connectivity index (χ0) is 15.8. The molecule has 0 bridgehead atoms. The fourth-order valence-electron chi connectivity index (χ4n) is 2.07. The van der Waals surface area contributed by atoms with Crippen molar-refractivity contribution in [1.82, 2.24) is 10.2 Å². The molecule has 0 spiro atoms. The zero-order valence-electron chi connectivity index (χ0n) is 13.0. The Morgan fingerprint density at radius 1 is 1.48 bits per heavy atom. The van der Waals surface area contributed by atoms with Gasteiger partial charge >= 0.3 is 0 Å². The number of furan rings is 1. The quantitative estimate of drug-likeness (QED) is 0.682. The Labute approximate surface area is 131 Å². The van der Waals surface area contributed by atoms with E-state index in [4.69, 9.17) is 22.4 Å². The van der Waals surface area contributed by atoms with Crippen LogP contribution in [0.4, 0.5) is 0 Å². The minimum Gasteiger partial charge on any atom is -0.467 e. The topological polar surface area (TPSA) is 71.5 Å². The van der Waals surface area contributed by atoms with Crippen LogP contribution in [-0.4, -0.2) is 34.9 Å². The van der Waals surface area contributed by atoms with Gasteiger partial charge in [0.15, 0.2) is 0 Å². The molecule has 6 heteroatoms. The number of carbonyl (C=O) groups is 1. The van der Waals surface area contributed by atoms with Crippen molar-refractivity contribution in [1.29, 1.82) is 0 Å². The summed E-state index contributed by atoms with van der Waals surface area (Å²) < 4.78 is 5.21. The fourth-order valence-corrected chi connectivity index (χ4v) is 2.16. The Kier molecular flexibility index (Phi) is 7.39. The van der Waals surface area contributed by atoms with Crippen molar-refractivity contribution in [3.63, 3.8) is 0 Å². The summed E-state index contributed by atoms with van der Waals surface area (Å²) in [6.45, 7) is 8.09. The second-order valence-corrected chi connectivity index (χ2v) is 6.10. The van der Waals surface area contributed by atoms with E-state index in [1.165, 1.54) is 0 Å². The number of amides is 1. The second kappa shape index (κ2) is 8.79. The van der Waals surface area contributed by atoms with E-state index in [2.05, 4.69) is 24.1 Å². The summed E-state index contributed by atoms with van der Waals surface area (Å²) in [5.74, 6) is 1.20. The SMILES string of the molecule is CC(C)CN(CCC(N)=S)C(C)C(=O)NCc1ccco1. The summed E-state index contributed by atoms with van der Waals surface area (Å²) in [7, 11) is 0. The summed E-state index contributed by atoms with van der Waals surface area (Å²) in [5.41, 5.74) is 5.56. The van der Waals surface area contributed by atoms with Crippen molar-refractivity contribution in [2.75, 3.05) is 13.1 Å². The van der Waals surface area contributed by atoms with Gasteiger partial charge in [-0.1, -0.05) is 26.1 Å². The van der Waals surface area contributed by atoms with Crippen LogP contribution < -0.4 is 11.1 Å². The van der Waals surface area contributed by atoms with Crippen molar-refractivity contribution >= 4 is 23.1 Å². The van der Waals surface area contributed by atoms with Crippen LogP contribution in [0.15, 0.2) is 22.8 Å². The molecule has 21 heavy (non-hydrogen) atoms. The van der Waals surface area contributed by atoms with Crippen LogP contribution in [-0.2, 0) is 11.3 Å². The van der Waals surface area contributed by atoms with Crippen LogP contribution in [0.25, 0.3) is 0 Å². The fraction of sp³-hybridized carbons (Fsp3) is 0.600. The van der Waals surface area contributed by atoms with Gasteiger partial charge in [-0.3, -0.25) is 9.69 Å². The van der Waals surface area contributed by atoms with Crippen molar-refractivity contribution in [3.05, 3.63) is 24.2 Å². The lowest BCUT2D eigenvalue weighted by atomic mass is 10.1. The van der Waals surface area contributed by atoms with E-state index >= 15 is 0 Å². The predicted molar refractivity (Wildman–Crippen MR) is 87.8 cm³/mol. The molecule has 0 aliphatic carbocycles. The zero-order valence-corrected chi connectivity index (χ0v) is 13.8. The smallest absolute Gasteiger partial charge is 0.237 e. The molecule has 1 unspecified atom stereocenters. The first-order chi connectivity index (χ1) is 9.90. The van der Waals surface area contributed by atoms with E-state index < -0.39 is 0 Å². The van der Waals surface area contributed by atoms with Crippen molar-refractivity contribution in [3.8, 4) is 0 Å². The minimum atomic E-state index is -0.225. The highest BCUT2D eigenvalue weighted by molar-refractivity contribution is 7.80. The van der Waals surface area contributed by atoms with Crippen LogP contribution in [0.2, 0.25) is 0 Å². The molecule has 1 aromatic heterocycles. The van der Waals surface area contributed by atoms with Crippen LogP contribution in [0.5, 0.6) is 0 Å². The molecule has 0 aliphatic heterocycles. The van der Waals surface area contributed by atoms with Gasteiger partial charge in [0.25, 0.3) is 0 Å². The lowest BCUT2D eigenvalue weighted by Gasteiger charge is -2.29. The maximum atomic E-state index is 12.2. The van der Waals surface area contributed by atoms with Gasteiger partial charge in [-0.2, -0.15) is 0 Å². The number of thiocarbonyl (C=S) groups is 1. The molecule has 1 rings (SSSR count). The number of carbonyl (C=O) groups excluding carboxylic acids is 1. The molecule has 1 heterocycles. The number of nitrogens with two attached hydrogens (primary N) is 1. The van der Waals surface area contributed by atoms with Gasteiger partial charge in [0, 0.05) is 19.5 Å². The molecule has 0 aliphatic rings. The number of rotatable bonds is 9. The highest BCUT2D eigenvalue weighted by Crippen LogP contribution is 2.07. The van der Waals surface area contributed by atoms with Gasteiger partial charge in [0.2, 0.25) is 5.91 Å². The van der Waals surface area contributed by atoms with Gasteiger partial charge < -0.3 is 15.5 Å². The number of hydrogen-bond donors (Lipinski definition) is 2. The molecule has 3 N–H and O–H groups in total. The molecule has 0 fully saturated rings. The number of nitrogens with zero attached hydrogens (tertiary/aromatic N) is 1. The molecule has 0 saturated carbocycles. The van der Waals surface area contributed by atoms with Crippen LogP contribution >= 0.6 is 12.2 Å². The van der Waals surface area contributed by atoms with Crippen LogP contribution in [0.1, 0.15) is 33.0 Å². The normalized spacial score (nSPS) is 12.6. The third-order valence-corrected chi connectivity index (χ3v) is 3.39. The van der Waals surface area contributed by atoms with E-state index in [1.54, 1.807) is 12.3 Å². The van der Waals surface area contributed by atoms with E-state index in [0.717, 1.165) is 12.3 Å². The monoisotopic (exact) mass is 311 g/mol. The molecule has 118 valence electrons. The molecule has 1 amide bonds. The summed E-state index contributed by atoms with van der Waals surface area (Å²) in [5, 5.41) is 2.89. The highest BCUT2D eigenvalue weighted by atomic mass is 32.1. The maximum absolute atomic E-state index is 12.2. The van der Waals surface area contributed by atoms with Crippen LogP contribution in [0, 0.1) is 5.92 Å². The van der Waals surface area contributed by atoms with Gasteiger partial charge in [-0.05, 0) is 25.0 Å². The average Bonchev–Trinajstić information content (AvgIpc) is 2.92. The second-order valence-electron chi connectivity index (χ2n) is 5.58. The Bertz CT molecular complexity index is 446.